The first-order valence-electron chi connectivity index (χ1n) is 6.84. The van der Waals surface area contributed by atoms with Gasteiger partial charge in [0.05, 0.1) is 0 Å². The second-order valence-electron chi connectivity index (χ2n) is 4.98. The average Bonchev–Trinajstić information content (AvgIpc) is 3.05. The minimum Gasteiger partial charge on any atom is -0.360 e. The predicted molar refractivity (Wildman–Crippen MR) is 80.6 cm³/mol. The highest BCUT2D eigenvalue weighted by atomic mass is 16.5. The number of benzene rings is 1. The van der Waals surface area contributed by atoms with Gasteiger partial charge in [0.2, 0.25) is 0 Å². The SMILES string of the molecule is Cc1noc(C)c1NC(=O)c1c(-c2ccccc2)noc1C. The second-order valence-corrected chi connectivity index (χ2v) is 4.98. The van der Waals surface area contributed by atoms with Gasteiger partial charge in [-0.15, -0.1) is 0 Å². The van der Waals surface area contributed by atoms with E-state index in [0.29, 0.717) is 34.2 Å². The van der Waals surface area contributed by atoms with Crippen LogP contribution in [0, 0.1) is 20.8 Å². The third-order valence-corrected chi connectivity index (χ3v) is 3.41. The van der Waals surface area contributed by atoms with E-state index in [-0.39, 0.29) is 5.91 Å². The summed E-state index contributed by atoms with van der Waals surface area (Å²) in [6, 6.07) is 9.43. The molecule has 0 atom stereocenters. The number of carbonyl (C=O) groups is 1. The van der Waals surface area contributed by atoms with Crippen LogP contribution in [0.5, 0.6) is 0 Å². The van der Waals surface area contributed by atoms with Gasteiger partial charge in [0.15, 0.2) is 5.76 Å². The molecule has 1 aromatic carbocycles. The first-order chi connectivity index (χ1) is 10.6. The highest BCUT2D eigenvalue weighted by molar-refractivity contribution is 6.09. The minimum atomic E-state index is -0.299. The van der Waals surface area contributed by atoms with Gasteiger partial charge in [-0.2, -0.15) is 0 Å². The van der Waals surface area contributed by atoms with Gasteiger partial charge in [-0.05, 0) is 20.8 Å². The fourth-order valence-electron chi connectivity index (χ4n) is 2.27. The molecule has 3 rings (SSSR count). The molecule has 0 aliphatic heterocycles. The first kappa shape index (κ1) is 14.1. The number of rotatable bonds is 3. The maximum Gasteiger partial charge on any atom is 0.261 e. The zero-order valence-electron chi connectivity index (χ0n) is 12.5. The van der Waals surface area contributed by atoms with E-state index in [2.05, 4.69) is 15.6 Å². The summed E-state index contributed by atoms with van der Waals surface area (Å²) in [6.45, 7) is 5.22. The summed E-state index contributed by atoms with van der Waals surface area (Å²) < 4.78 is 10.3. The molecule has 0 radical (unpaired) electrons. The van der Waals surface area contributed by atoms with Gasteiger partial charge in [-0.3, -0.25) is 4.79 Å². The van der Waals surface area contributed by atoms with E-state index < -0.39 is 0 Å². The molecule has 3 aromatic rings. The summed E-state index contributed by atoms with van der Waals surface area (Å²) in [5, 5.41) is 10.6. The van der Waals surface area contributed by atoms with Crippen molar-refractivity contribution in [3.05, 3.63) is 53.1 Å². The molecule has 0 aliphatic carbocycles. The van der Waals surface area contributed by atoms with Crippen LogP contribution in [0.1, 0.15) is 27.6 Å². The molecular weight excluding hydrogens is 282 g/mol. The van der Waals surface area contributed by atoms with Crippen molar-refractivity contribution in [3.63, 3.8) is 0 Å². The predicted octanol–water partition coefficient (Wildman–Crippen LogP) is 3.51. The Labute approximate surface area is 127 Å². The van der Waals surface area contributed by atoms with Crippen molar-refractivity contribution in [3.8, 4) is 11.3 Å². The second kappa shape index (κ2) is 5.48. The van der Waals surface area contributed by atoms with E-state index >= 15 is 0 Å². The Morgan fingerprint density at radius 3 is 2.32 bits per heavy atom. The largest absolute Gasteiger partial charge is 0.360 e. The van der Waals surface area contributed by atoms with Crippen LogP contribution < -0.4 is 5.32 Å². The van der Waals surface area contributed by atoms with E-state index in [1.807, 2.05) is 30.3 Å². The fraction of sp³-hybridized carbons (Fsp3) is 0.188. The van der Waals surface area contributed by atoms with Crippen molar-refractivity contribution >= 4 is 11.6 Å². The third-order valence-electron chi connectivity index (χ3n) is 3.41. The van der Waals surface area contributed by atoms with Gasteiger partial charge in [0.25, 0.3) is 5.91 Å². The molecule has 0 aliphatic rings. The summed E-state index contributed by atoms with van der Waals surface area (Å²) in [4.78, 5) is 12.6. The number of hydrogen-bond acceptors (Lipinski definition) is 5. The van der Waals surface area contributed by atoms with Crippen LogP contribution in [0.25, 0.3) is 11.3 Å². The molecule has 0 saturated heterocycles. The Bertz CT molecular complexity index is 799. The van der Waals surface area contributed by atoms with Crippen LogP contribution in [0.15, 0.2) is 39.4 Å². The number of carbonyl (C=O) groups excluding carboxylic acids is 1. The van der Waals surface area contributed by atoms with Gasteiger partial charge >= 0.3 is 0 Å². The van der Waals surface area contributed by atoms with Gasteiger partial charge < -0.3 is 14.4 Å². The number of anilines is 1. The molecule has 1 N–H and O–H groups in total. The standard InChI is InChI=1S/C16H15N3O3/c1-9-14(11(3)22-18-9)17-16(20)13-10(2)21-19-15(13)12-7-5-4-6-8-12/h4-8H,1-3H3,(H,17,20). The molecule has 22 heavy (non-hydrogen) atoms. The van der Waals surface area contributed by atoms with Gasteiger partial charge in [-0.1, -0.05) is 40.6 Å². The van der Waals surface area contributed by atoms with Crippen LogP contribution in [0.2, 0.25) is 0 Å². The Kier molecular flexibility index (Phi) is 3.50. The maximum atomic E-state index is 12.6. The van der Waals surface area contributed by atoms with Crippen molar-refractivity contribution < 1.29 is 13.8 Å². The Morgan fingerprint density at radius 1 is 1.00 bits per heavy atom. The van der Waals surface area contributed by atoms with E-state index in [1.165, 1.54) is 0 Å². The quantitative estimate of drug-likeness (QED) is 0.800. The Balaban J connectivity index is 1.99. The zero-order chi connectivity index (χ0) is 15.7. The van der Waals surface area contributed by atoms with E-state index in [0.717, 1.165) is 5.56 Å². The summed E-state index contributed by atoms with van der Waals surface area (Å²) >= 11 is 0. The lowest BCUT2D eigenvalue weighted by Crippen LogP contribution is -2.14. The van der Waals surface area contributed by atoms with Crippen LogP contribution in [0.3, 0.4) is 0 Å². The lowest BCUT2D eigenvalue weighted by Gasteiger charge is -2.05. The average molecular weight is 297 g/mol. The smallest absolute Gasteiger partial charge is 0.261 e. The Morgan fingerprint density at radius 2 is 1.68 bits per heavy atom. The van der Waals surface area contributed by atoms with E-state index in [9.17, 15) is 4.79 Å². The molecule has 2 aromatic heterocycles. The molecular formula is C16H15N3O3. The summed E-state index contributed by atoms with van der Waals surface area (Å²) in [5.74, 6) is 0.719. The zero-order valence-corrected chi connectivity index (χ0v) is 12.5. The molecule has 6 heteroatoms. The number of nitrogens with zero attached hydrogens (tertiary/aromatic N) is 2. The molecule has 0 unspecified atom stereocenters. The van der Waals surface area contributed by atoms with Crippen molar-refractivity contribution in [2.75, 3.05) is 5.32 Å². The molecule has 0 bridgehead atoms. The first-order valence-corrected chi connectivity index (χ1v) is 6.84. The number of amides is 1. The molecule has 0 saturated carbocycles. The van der Waals surface area contributed by atoms with E-state index in [4.69, 9.17) is 9.05 Å². The minimum absolute atomic E-state index is 0.299. The summed E-state index contributed by atoms with van der Waals surface area (Å²) in [7, 11) is 0. The molecule has 0 fully saturated rings. The van der Waals surface area contributed by atoms with Crippen molar-refractivity contribution in [2.45, 2.75) is 20.8 Å². The number of hydrogen-bond donors (Lipinski definition) is 1. The van der Waals surface area contributed by atoms with Crippen molar-refractivity contribution in [2.24, 2.45) is 0 Å². The van der Waals surface area contributed by atoms with Crippen molar-refractivity contribution in [1.82, 2.24) is 10.3 Å². The molecule has 0 spiro atoms. The summed E-state index contributed by atoms with van der Waals surface area (Å²) in [6.07, 6.45) is 0. The molecule has 1 amide bonds. The topological polar surface area (TPSA) is 81.2 Å². The van der Waals surface area contributed by atoms with Crippen LogP contribution in [-0.2, 0) is 0 Å². The van der Waals surface area contributed by atoms with E-state index in [1.54, 1.807) is 20.8 Å². The Hall–Kier alpha value is -2.89. The fourth-order valence-corrected chi connectivity index (χ4v) is 2.27. The maximum absolute atomic E-state index is 12.6. The number of aryl methyl sites for hydroxylation is 3. The van der Waals surface area contributed by atoms with Crippen LogP contribution in [-0.4, -0.2) is 16.2 Å². The number of aromatic nitrogens is 2. The van der Waals surface area contributed by atoms with Crippen LogP contribution in [0.4, 0.5) is 5.69 Å². The molecule has 112 valence electrons. The molecule has 2 heterocycles. The van der Waals surface area contributed by atoms with Crippen LogP contribution >= 0.6 is 0 Å². The lowest BCUT2D eigenvalue weighted by molar-refractivity contribution is 0.102. The summed E-state index contributed by atoms with van der Waals surface area (Å²) in [5.41, 5.74) is 2.95. The lowest BCUT2D eigenvalue weighted by atomic mass is 10.1. The highest BCUT2D eigenvalue weighted by Gasteiger charge is 2.23. The van der Waals surface area contributed by atoms with Crippen molar-refractivity contribution in [1.29, 1.82) is 0 Å². The van der Waals surface area contributed by atoms with Gasteiger partial charge in [0.1, 0.15) is 28.4 Å². The monoisotopic (exact) mass is 297 g/mol. The third kappa shape index (κ3) is 2.39. The van der Waals surface area contributed by atoms with Gasteiger partial charge in [-0.25, -0.2) is 0 Å². The number of nitrogens with one attached hydrogen (secondary N) is 1. The molecule has 6 nitrogen and oxygen atoms in total. The normalized spacial score (nSPS) is 10.7. The highest BCUT2D eigenvalue weighted by Crippen LogP contribution is 2.27. The van der Waals surface area contributed by atoms with Gasteiger partial charge in [0, 0.05) is 5.56 Å².